The molecule has 7 heteroatoms. The summed E-state index contributed by atoms with van der Waals surface area (Å²) in [4.78, 5) is 25.4. The largest absolute Gasteiger partial charge is 0.505 e. The number of rotatable bonds is 4. The van der Waals surface area contributed by atoms with Crippen LogP contribution in [0.4, 0.5) is 4.39 Å². The molecule has 1 aromatic heterocycles. The van der Waals surface area contributed by atoms with Crippen LogP contribution in [0.25, 0.3) is 10.9 Å². The van der Waals surface area contributed by atoms with Gasteiger partial charge in [0, 0.05) is 27.7 Å². The van der Waals surface area contributed by atoms with Crippen molar-refractivity contribution in [3.8, 4) is 5.75 Å². The number of hydrogen-bond acceptors (Lipinski definition) is 4. The van der Waals surface area contributed by atoms with Crippen LogP contribution in [0.1, 0.15) is 41.4 Å². The fraction of sp³-hybridized carbons (Fsp3) is 0.238. The molecule has 0 aliphatic heterocycles. The molecule has 3 rings (SSSR count). The molecule has 0 aliphatic rings. The number of phenols is 1. The summed E-state index contributed by atoms with van der Waals surface area (Å²) in [5, 5.41) is 10.8. The number of ether oxygens (including phenoxy) is 1. The van der Waals surface area contributed by atoms with E-state index in [1.807, 2.05) is 0 Å². The molecule has 1 unspecified atom stereocenters. The van der Waals surface area contributed by atoms with Crippen molar-refractivity contribution in [2.75, 3.05) is 6.61 Å². The third-order valence-corrected chi connectivity index (χ3v) is 4.94. The highest BCUT2D eigenvalue weighted by atomic mass is 35.5. The summed E-state index contributed by atoms with van der Waals surface area (Å²) in [6, 6.07) is 8.64. The van der Waals surface area contributed by atoms with Gasteiger partial charge in [0.05, 0.1) is 18.0 Å². The van der Waals surface area contributed by atoms with Crippen LogP contribution in [0, 0.1) is 12.7 Å². The Morgan fingerprint density at radius 2 is 1.89 bits per heavy atom. The van der Waals surface area contributed by atoms with Crippen molar-refractivity contribution in [3.05, 3.63) is 64.1 Å². The average Bonchev–Trinajstić information content (AvgIpc) is 2.92. The quantitative estimate of drug-likeness (QED) is 0.635. The van der Waals surface area contributed by atoms with E-state index in [0.29, 0.717) is 27.2 Å². The Labute approximate surface area is 166 Å². The average molecular weight is 404 g/mol. The zero-order valence-electron chi connectivity index (χ0n) is 15.6. The molecule has 0 bridgehead atoms. The Morgan fingerprint density at radius 1 is 1.25 bits per heavy atom. The van der Waals surface area contributed by atoms with Crippen LogP contribution < -0.4 is 0 Å². The summed E-state index contributed by atoms with van der Waals surface area (Å²) in [6.45, 7) is 5.24. The molecule has 3 aromatic rings. The highest BCUT2D eigenvalue weighted by Gasteiger charge is 2.28. The molecule has 0 radical (unpaired) electrons. The monoisotopic (exact) mass is 403 g/mol. The fourth-order valence-corrected chi connectivity index (χ4v) is 3.49. The predicted molar refractivity (Wildman–Crippen MR) is 105 cm³/mol. The highest BCUT2D eigenvalue weighted by Crippen LogP contribution is 2.36. The van der Waals surface area contributed by atoms with E-state index in [4.69, 9.17) is 16.3 Å². The molecule has 1 atom stereocenters. The van der Waals surface area contributed by atoms with Crippen molar-refractivity contribution < 1.29 is 23.8 Å². The van der Waals surface area contributed by atoms with Gasteiger partial charge >= 0.3 is 5.97 Å². The zero-order valence-corrected chi connectivity index (χ0v) is 16.4. The summed E-state index contributed by atoms with van der Waals surface area (Å²) in [5.41, 5.74) is 1.60. The van der Waals surface area contributed by atoms with Gasteiger partial charge < -0.3 is 9.84 Å². The maximum atomic E-state index is 14.1. The predicted octanol–water partition coefficient (Wildman–Crippen LogP) is 4.80. The van der Waals surface area contributed by atoms with Gasteiger partial charge in [-0.05, 0) is 56.7 Å². The molecule has 2 aromatic carbocycles. The van der Waals surface area contributed by atoms with E-state index in [9.17, 15) is 19.1 Å². The van der Waals surface area contributed by atoms with Gasteiger partial charge in [-0.25, -0.2) is 4.39 Å². The number of carbonyl (C=O) groups is 2. The second kappa shape index (κ2) is 7.64. The number of aromatic nitrogens is 1. The maximum Gasteiger partial charge on any atom is 0.313 e. The van der Waals surface area contributed by atoms with Gasteiger partial charge in [0.15, 0.2) is 11.6 Å². The molecule has 0 aliphatic carbocycles. The second-order valence-electron chi connectivity index (χ2n) is 6.44. The number of hydrogen-bond donors (Lipinski definition) is 1. The summed E-state index contributed by atoms with van der Waals surface area (Å²) in [5.74, 6) is -2.98. The summed E-state index contributed by atoms with van der Waals surface area (Å²) in [6.07, 6.45) is 0. The van der Waals surface area contributed by atoms with Crippen LogP contribution in [0.3, 0.4) is 0 Å². The molecule has 0 spiro atoms. The van der Waals surface area contributed by atoms with Crippen molar-refractivity contribution in [1.82, 2.24) is 4.57 Å². The first-order chi connectivity index (χ1) is 13.3. The number of carbonyl (C=O) groups excluding carboxylic acids is 2. The Bertz CT molecular complexity index is 1070. The number of nitrogens with zero attached hydrogens (tertiary/aromatic N) is 1. The van der Waals surface area contributed by atoms with Gasteiger partial charge in [0.1, 0.15) is 0 Å². The van der Waals surface area contributed by atoms with Crippen LogP contribution in [0.2, 0.25) is 5.02 Å². The molecule has 0 saturated carbocycles. The van der Waals surface area contributed by atoms with E-state index in [2.05, 4.69) is 0 Å². The smallest absolute Gasteiger partial charge is 0.313 e. The number of aromatic hydroxyl groups is 1. The van der Waals surface area contributed by atoms with Crippen molar-refractivity contribution in [1.29, 1.82) is 0 Å². The standard InChI is InChI=1S/C21H19ClFNO4/c1-4-28-21(27)11(2)19-12(3)24(17-10-16(23)18(25)9-15(17)19)20(26)13-5-7-14(22)8-6-13/h5-11,25H,4H2,1-3H3. The Balaban J connectivity index is 2.26. The van der Waals surface area contributed by atoms with Gasteiger partial charge in [-0.2, -0.15) is 0 Å². The number of fused-ring (bicyclic) bond motifs is 1. The summed E-state index contributed by atoms with van der Waals surface area (Å²) >= 11 is 5.89. The lowest BCUT2D eigenvalue weighted by Crippen LogP contribution is -2.16. The molecular formula is C21H19ClFNO4. The fourth-order valence-electron chi connectivity index (χ4n) is 3.36. The topological polar surface area (TPSA) is 68.5 Å². The zero-order chi connectivity index (χ0) is 20.6. The normalized spacial score (nSPS) is 12.2. The maximum absolute atomic E-state index is 14.1. The summed E-state index contributed by atoms with van der Waals surface area (Å²) in [7, 11) is 0. The number of phenolic OH excluding ortho intramolecular Hbond substituents is 1. The Kier molecular flexibility index (Phi) is 5.42. The van der Waals surface area contributed by atoms with E-state index in [1.165, 1.54) is 10.6 Å². The van der Waals surface area contributed by atoms with Gasteiger partial charge in [-0.1, -0.05) is 11.6 Å². The van der Waals surface area contributed by atoms with Crippen molar-refractivity contribution in [3.63, 3.8) is 0 Å². The SMILES string of the molecule is CCOC(=O)C(C)c1c(C)n(C(=O)c2ccc(Cl)cc2)c2cc(F)c(O)cc12. The minimum absolute atomic E-state index is 0.213. The molecule has 146 valence electrons. The third-order valence-electron chi connectivity index (χ3n) is 4.69. The van der Waals surface area contributed by atoms with E-state index in [1.54, 1.807) is 45.0 Å². The van der Waals surface area contributed by atoms with Crippen molar-refractivity contribution in [2.45, 2.75) is 26.7 Å². The number of benzene rings is 2. The van der Waals surface area contributed by atoms with Crippen LogP contribution in [0.15, 0.2) is 36.4 Å². The molecule has 0 amide bonds. The lowest BCUT2D eigenvalue weighted by atomic mass is 9.98. The number of esters is 1. The van der Waals surface area contributed by atoms with E-state index in [-0.39, 0.29) is 12.1 Å². The first-order valence-electron chi connectivity index (χ1n) is 8.76. The van der Waals surface area contributed by atoms with Crippen LogP contribution in [-0.2, 0) is 9.53 Å². The first-order valence-corrected chi connectivity index (χ1v) is 9.14. The van der Waals surface area contributed by atoms with Crippen molar-refractivity contribution in [2.24, 2.45) is 0 Å². The molecule has 28 heavy (non-hydrogen) atoms. The Hall–Kier alpha value is -2.86. The van der Waals surface area contributed by atoms with Crippen LogP contribution in [0.5, 0.6) is 5.75 Å². The second-order valence-corrected chi connectivity index (χ2v) is 6.88. The summed E-state index contributed by atoms with van der Waals surface area (Å²) < 4.78 is 20.5. The van der Waals surface area contributed by atoms with E-state index >= 15 is 0 Å². The minimum atomic E-state index is -0.856. The molecular weight excluding hydrogens is 385 g/mol. The minimum Gasteiger partial charge on any atom is -0.505 e. The van der Waals surface area contributed by atoms with Gasteiger partial charge in [0.2, 0.25) is 0 Å². The van der Waals surface area contributed by atoms with Crippen molar-refractivity contribution >= 4 is 34.4 Å². The third kappa shape index (κ3) is 3.36. The molecule has 5 nitrogen and oxygen atoms in total. The van der Waals surface area contributed by atoms with E-state index < -0.39 is 29.4 Å². The van der Waals surface area contributed by atoms with Gasteiger partial charge in [0.25, 0.3) is 5.91 Å². The highest BCUT2D eigenvalue weighted by molar-refractivity contribution is 6.30. The lowest BCUT2D eigenvalue weighted by molar-refractivity contribution is -0.144. The van der Waals surface area contributed by atoms with Crippen LogP contribution in [-0.4, -0.2) is 28.2 Å². The van der Waals surface area contributed by atoms with Gasteiger partial charge in [-0.3, -0.25) is 14.2 Å². The lowest BCUT2D eigenvalue weighted by Gasteiger charge is -2.12. The molecule has 0 saturated heterocycles. The van der Waals surface area contributed by atoms with Gasteiger partial charge in [-0.15, -0.1) is 0 Å². The van der Waals surface area contributed by atoms with E-state index in [0.717, 1.165) is 6.07 Å². The molecule has 0 fully saturated rings. The first kappa shape index (κ1) is 19.9. The van der Waals surface area contributed by atoms with Crippen LogP contribution >= 0.6 is 11.6 Å². The Morgan fingerprint density at radius 3 is 2.50 bits per heavy atom. The number of halogens is 2. The molecule has 1 N–H and O–H groups in total. The molecule has 1 heterocycles.